The second-order valence-corrected chi connectivity index (χ2v) is 9.67. The first-order valence-corrected chi connectivity index (χ1v) is 11.6. The number of aryl methyl sites for hydroxylation is 1. The Hall–Kier alpha value is -3.47. The third kappa shape index (κ3) is 4.86. The number of rotatable bonds is 3. The molecule has 11 nitrogen and oxygen atoms in total. The van der Waals surface area contributed by atoms with Crippen LogP contribution in [0.1, 0.15) is 55.8 Å². The number of likely N-dealkylation sites (tertiary alicyclic amines) is 1. The van der Waals surface area contributed by atoms with Gasteiger partial charge in [-0.15, -0.1) is 0 Å². The number of carbonyl (C=O) groups excluding carboxylic acids is 2. The smallest absolute Gasteiger partial charge is 0.410 e. The van der Waals surface area contributed by atoms with Crippen LogP contribution in [0.5, 0.6) is 0 Å². The van der Waals surface area contributed by atoms with Gasteiger partial charge in [0.2, 0.25) is 5.28 Å². The summed E-state index contributed by atoms with van der Waals surface area (Å²) in [7, 11) is 1.27. The van der Waals surface area contributed by atoms with Crippen LogP contribution in [-0.2, 0) is 9.47 Å². The monoisotopic (exact) mass is 502 g/mol. The highest BCUT2D eigenvalue weighted by molar-refractivity contribution is 6.28. The number of esters is 1. The molecule has 0 aliphatic carbocycles. The molecule has 1 aliphatic heterocycles. The van der Waals surface area contributed by atoms with Gasteiger partial charge >= 0.3 is 17.8 Å². The van der Waals surface area contributed by atoms with E-state index in [2.05, 4.69) is 15.0 Å². The Morgan fingerprint density at radius 2 is 1.83 bits per heavy atom. The van der Waals surface area contributed by atoms with Gasteiger partial charge < -0.3 is 14.4 Å². The highest BCUT2D eigenvalue weighted by Gasteiger charge is 2.31. The van der Waals surface area contributed by atoms with Crippen molar-refractivity contribution in [2.45, 2.75) is 52.2 Å². The Balaban J connectivity index is 1.72. The molecule has 1 fully saturated rings. The highest BCUT2D eigenvalue weighted by Crippen LogP contribution is 2.28. The van der Waals surface area contributed by atoms with E-state index in [1.807, 2.05) is 20.8 Å². The van der Waals surface area contributed by atoms with E-state index in [1.54, 1.807) is 22.5 Å². The lowest BCUT2D eigenvalue weighted by molar-refractivity contribution is 0.0188. The maximum Gasteiger partial charge on any atom is 0.410 e. The minimum atomic E-state index is -0.582. The Kier molecular flexibility index (Phi) is 6.54. The van der Waals surface area contributed by atoms with Crippen molar-refractivity contribution < 1.29 is 19.1 Å². The number of amides is 1. The third-order valence-corrected chi connectivity index (χ3v) is 5.91. The van der Waals surface area contributed by atoms with Gasteiger partial charge in [-0.05, 0) is 64.3 Å². The van der Waals surface area contributed by atoms with Crippen LogP contribution in [0.2, 0.25) is 5.28 Å². The van der Waals surface area contributed by atoms with E-state index in [-0.39, 0.29) is 28.8 Å². The predicted molar refractivity (Wildman–Crippen MR) is 128 cm³/mol. The van der Waals surface area contributed by atoms with Gasteiger partial charge in [-0.1, -0.05) is 0 Å². The lowest BCUT2D eigenvalue weighted by Gasteiger charge is -2.33. The molecule has 35 heavy (non-hydrogen) atoms. The predicted octanol–water partition coefficient (Wildman–Crippen LogP) is 3.30. The average molecular weight is 503 g/mol. The van der Waals surface area contributed by atoms with Crippen LogP contribution in [0.25, 0.3) is 16.9 Å². The molecule has 12 heteroatoms. The SMILES string of the molecule is COC(=O)c1ccc(-n2c(=O)n(C3CCN(C(=O)OC(C)(C)C)CC3)c3nc(Cl)nc(C)c32)cn1. The molecular formula is C23H27ClN6O5. The van der Waals surface area contributed by atoms with E-state index in [9.17, 15) is 14.4 Å². The molecule has 0 spiro atoms. The van der Waals surface area contributed by atoms with Crippen LogP contribution in [0.15, 0.2) is 23.1 Å². The highest BCUT2D eigenvalue weighted by atomic mass is 35.5. The first-order chi connectivity index (χ1) is 16.5. The van der Waals surface area contributed by atoms with E-state index in [4.69, 9.17) is 21.1 Å². The average Bonchev–Trinajstić information content (AvgIpc) is 3.09. The summed E-state index contributed by atoms with van der Waals surface area (Å²) < 4.78 is 13.2. The van der Waals surface area contributed by atoms with Crippen molar-refractivity contribution in [1.82, 2.24) is 29.0 Å². The van der Waals surface area contributed by atoms with Crippen LogP contribution in [0.4, 0.5) is 4.79 Å². The molecule has 0 radical (unpaired) electrons. The Labute approximate surface area is 206 Å². The van der Waals surface area contributed by atoms with Crippen molar-refractivity contribution in [2.24, 2.45) is 0 Å². The minimum absolute atomic E-state index is 0.0336. The molecule has 3 aromatic heterocycles. The van der Waals surface area contributed by atoms with Gasteiger partial charge in [-0.3, -0.25) is 9.13 Å². The largest absolute Gasteiger partial charge is 0.464 e. The van der Waals surface area contributed by atoms with Crippen molar-refractivity contribution in [3.63, 3.8) is 0 Å². The first kappa shape index (κ1) is 24.6. The molecule has 0 N–H and O–H groups in total. The third-order valence-electron chi connectivity index (χ3n) is 5.74. The second-order valence-electron chi connectivity index (χ2n) is 9.33. The normalized spacial score (nSPS) is 14.9. The number of pyridine rings is 1. The lowest BCUT2D eigenvalue weighted by Crippen LogP contribution is -2.43. The van der Waals surface area contributed by atoms with Gasteiger partial charge in [0.25, 0.3) is 0 Å². The van der Waals surface area contributed by atoms with E-state index >= 15 is 0 Å². The molecule has 0 aromatic carbocycles. The summed E-state index contributed by atoms with van der Waals surface area (Å²) in [6.07, 6.45) is 2.14. The summed E-state index contributed by atoms with van der Waals surface area (Å²) in [5, 5.41) is 0.0336. The van der Waals surface area contributed by atoms with Gasteiger partial charge in [-0.2, -0.15) is 4.98 Å². The molecule has 1 aliphatic rings. The summed E-state index contributed by atoms with van der Waals surface area (Å²) in [5.41, 5.74) is 1.09. The Bertz CT molecular complexity index is 1330. The quantitative estimate of drug-likeness (QED) is 0.395. The van der Waals surface area contributed by atoms with Gasteiger partial charge in [-0.25, -0.2) is 24.4 Å². The van der Waals surface area contributed by atoms with Gasteiger partial charge in [0.1, 0.15) is 16.8 Å². The summed E-state index contributed by atoms with van der Waals surface area (Å²) >= 11 is 6.16. The fraction of sp³-hybridized carbons (Fsp3) is 0.478. The molecule has 186 valence electrons. The van der Waals surface area contributed by atoms with Crippen molar-refractivity contribution in [3.05, 3.63) is 45.5 Å². The van der Waals surface area contributed by atoms with Crippen molar-refractivity contribution in [2.75, 3.05) is 20.2 Å². The topological polar surface area (TPSA) is 121 Å². The molecule has 3 aromatic rings. The second kappa shape index (κ2) is 9.29. The van der Waals surface area contributed by atoms with Crippen LogP contribution in [0, 0.1) is 6.92 Å². The zero-order valence-corrected chi connectivity index (χ0v) is 21.0. The van der Waals surface area contributed by atoms with E-state index in [0.717, 1.165) is 0 Å². The number of aromatic nitrogens is 5. The van der Waals surface area contributed by atoms with Crippen LogP contribution < -0.4 is 5.69 Å². The molecule has 0 unspecified atom stereocenters. The number of hydrogen-bond donors (Lipinski definition) is 0. The lowest BCUT2D eigenvalue weighted by atomic mass is 10.1. The number of carbonyl (C=O) groups is 2. The van der Waals surface area contributed by atoms with Gasteiger partial charge in [0.05, 0.1) is 24.7 Å². The molecule has 1 saturated heterocycles. The number of halogens is 1. The number of fused-ring (bicyclic) bond motifs is 1. The molecule has 0 bridgehead atoms. The molecule has 0 atom stereocenters. The van der Waals surface area contributed by atoms with Gasteiger partial charge in [0.15, 0.2) is 5.65 Å². The van der Waals surface area contributed by atoms with Crippen LogP contribution in [-0.4, -0.2) is 66.8 Å². The molecular weight excluding hydrogens is 476 g/mol. The summed E-state index contributed by atoms with van der Waals surface area (Å²) in [5.74, 6) is -0.575. The van der Waals surface area contributed by atoms with Crippen LogP contribution >= 0.6 is 11.6 Å². The number of hydrogen-bond acceptors (Lipinski definition) is 8. The minimum Gasteiger partial charge on any atom is -0.464 e. The standard InChI is InChI=1S/C23H27ClN6O5/c1-13-17-18(27-20(24)26-13)30(14-8-10-28(11-9-14)22(33)35-23(2,3)4)21(32)29(17)15-6-7-16(25-12-15)19(31)34-5/h6-7,12,14H,8-11H2,1-5H3. The summed E-state index contributed by atoms with van der Waals surface area (Å²) in [6, 6.07) is 2.89. The molecule has 4 rings (SSSR count). The molecule has 4 heterocycles. The van der Waals surface area contributed by atoms with Crippen molar-refractivity contribution in [3.8, 4) is 5.69 Å². The zero-order valence-electron chi connectivity index (χ0n) is 20.2. The Morgan fingerprint density at radius 1 is 1.14 bits per heavy atom. The maximum absolute atomic E-state index is 13.7. The number of imidazole rings is 1. The maximum atomic E-state index is 13.7. The number of ether oxygens (including phenoxy) is 2. The summed E-state index contributed by atoms with van der Waals surface area (Å²) in [4.78, 5) is 52.3. The number of piperidine rings is 1. The fourth-order valence-electron chi connectivity index (χ4n) is 4.19. The van der Waals surface area contributed by atoms with E-state index in [0.29, 0.717) is 48.5 Å². The molecule has 0 saturated carbocycles. The molecule has 1 amide bonds. The first-order valence-electron chi connectivity index (χ1n) is 11.2. The van der Waals surface area contributed by atoms with Crippen molar-refractivity contribution in [1.29, 1.82) is 0 Å². The number of nitrogens with zero attached hydrogens (tertiary/aromatic N) is 6. The Morgan fingerprint density at radius 3 is 2.40 bits per heavy atom. The van der Waals surface area contributed by atoms with E-state index in [1.165, 1.54) is 23.9 Å². The fourth-order valence-corrected chi connectivity index (χ4v) is 4.39. The van der Waals surface area contributed by atoms with Gasteiger partial charge in [0, 0.05) is 19.1 Å². The summed E-state index contributed by atoms with van der Waals surface area (Å²) in [6.45, 7) is 8.09. The van der Waals surface area contributed by atoms with Crippen LogP contribution in [0.3, 0.4) is 0 Å². The van der Waals surface area contributed by atoms with E-state index < -0.39 is 11.6 Å². The zero-order chi connectivity index (χ0) is 25.5. The number of methoxy groups -OCH3 is 1. The van der Waals surface area contributed by atoms with Crippen molar-refractivity contribution >= 4 is 34.8 Å².